The predicted octanol–water partition coefficient (Wildman–Crippen LogP) is 3.42. The Hall–Kier alpha value is -1.85. The molecule has 2 aliphatic carbocycles. The molecule has 0 radical (unpaired) electrons. The fourth-order valence-corrected chi connectivity index (χ4v) is 6.43. The van der Waals surface area contributed by atoms with E-state index < -0.39 is 11.6 Å². The molecule has 3 amide bonds. The molecule has 0 aromatic heterocycles. The molecule has 0 spiro atoms. The van der Waals surface area contributed by atoms with E-state index in [-0.39, 0.29) is 11.9 Å². The van der Waals surface area contributed by atoms with Crippen molar-refractivity contribution < 1.29 is 14.3 Å². The van der Waals surface area contributed by atoms with E-state index in [1.54, 1.807) is 4.90 Å². The normalized spacial score (nSPS) is 25.4. The van der Waals surface area contributed by atoms with Crippen LogP contribution in [0.15, 0.2) is 0 Å². The van der Waals surface area contributed by atoms with E-state index in [0.29, 0.717) is 51.5 Å². The van der Waals surface area contributed by atoms with Gasteiger partial charge in [0.15, 0.2) is 0 Å². The van der Waals surface area contributed by atoms with E-state index in [9.17, 15) is 14.9 Å². The lowest BCUT2D eigenvalue weighted by Crippen LogP contribution is -2.60. The lowest BCUT2D eigenvalue weighted by atomic mass is 9.83. The molecular formula is C27H45N5O3. The molecule has 8 nitrogen and oxygen atoms in total. The van der Waals surface area contributed by atoms with Gasteiger partial charge in [0.1, 0.15) is 11.6 Å². The maximum absolute atomic E-state index is 13.5. The summed E-state index contributed by atoms with van der Waals surface area (Å²) in [5, 5.41) is 16.2. The Morgan fingerprint density at radius 3 is 2.11 bits per heavy atom. The van der Waals surface area contributed by atoms with E-state index >= 15 is 0 Å². The highest BCUT2D eigenvalue weighted by atomic mass is 16.5. The minimum absolute atomic E-state index is 0.195. The molecule has 4 aliphatic rings. The number of nitrogens with zero attached hydrogens (tertiary/aromatic N) is 3. The van der Waals surface area contributed by atoms with Gasteiger partial charge in [0.05, 0.1) is 19.3 Å². The fourth-order valence-electron chi connectivity index (χ4n) is 6.43. The average molecular weight is 488 g/mol. The zero-order chi connectivity index (χ0) is 24.5. The van der Waals surface area contributed by atoms with Crippen LogP contribution in [0.1, 0.15) is 83.5 Å². The van der Waals surface area contributed by atoms with Crippen molar-refractivity contribution in [3.05, 3.63) is 0 Å². The standard InChI is InChI=1S/C27H45N5O3/c28-21-27(11-13-31(14-12-27)20-23-9-5-2-6-10-23)30-25(33)24(19-22-7-3-1-4-8-22)29-26(34)32-15-17-35-18-16-32/h22-24H,1-20H2,(H,29,34)(H,30,33). The SMILES string of the molecule is N#CC1(NC(=O)C(CC2CCCCC2)NC(=O)N2CCOCC2)CCN(CC2CCCCC2)CC1. The van der Waals surface area contributed by atoms with Crippen LogP contribution in [0, 0.1) is 23.2 Å². The number of hydrogen-bond donors (Lipinski definition) is 2. The van der Waals surface area contributed by atoms with Gasteiger partial charge in [-0.05, 0) is 43.9 Å². The Morgan fingerprint density at radius 2 is 1.51 bits per heavy atom. The van der Waals surface area contributed by atoms with Gasteiger partial charge in [0, 0.05) is 32.7 Å². The summed E-state index contributed by atoms with van der Waals surface area (Å²) in [5.41, 5.74) is -0.839. The van der Waals surface area contributed by atoms with Crippen LogP contribution >= 0.6 is 0 Å². The number of nitrogens with one attached hydrogen (secondary N) is 2. The second-order valence-electron chi connectivity index (χ2n) is 11.3. The molecule has 2 saturated heterocycles. The molecule has 0 aromatic rings. The first-order valence-electron chi connectivity index (χ1n) is 14.2. The van der Waals surface area contributed by atoms with Crippen LogP contribution in [0.2, 0.25) is 0 Å². The van der Waals surface area contributed by atoms with Gasteiger partial charge in [-0.2, -0.15) is 5.26 Å². The zero-order valence-corrected chi connectivity index (χ0v) is 21.4. The quantitative estimate of drug-likeness (QED) is 0.573. The van der Waals surface area contributed by atoms with Gasteiger partial charge in [-0.25, -0.2) is 4.79 Å². The van der Waals surface area contributed by atoms with Crippen LogP contribution < -0.4 is 10.6 Å². The lowest BCUT2D eigenvalue weighted by molar-refractivity contribution is -0.125. The number of amides is 3. The van der Waals surface area contributed by atoms with Gasteiger partial charge in [0.2, 0.25) is 5.91 Å². The number of carbonyl (C=O) groups excluding carboxylic acids is 2. The van der Waals surface area contributed by atoms with Gasteiger partial charge in [-0.15, -0.1) is 0 Å². The van der Waals surface area contributed by atoms with Crippen LogP contribution in [0.25, 0.3) is 0 Å². The maximum atomic E-state index is 13.5. The van der Waals surface area contributed by atoms with Crippen molar-refractivity contribution in [2.45, 2.75) is 95.1 Å². The topological polar surface area (TPSA) is 97.7 Å². The van der Waals surface area contributed by atoms with Crippen LogP contribution in [-0.2, 0) is 9.53 Å². The number of morpholine rings is 1. The van der Waals surface area contributed by atoms with Gasteiger partial charge in [-0.1, -0.05) is 51.4 Å². The fraction of sp³-hybridized carbons (Fsp3) is 0.889. The molecule has 4 fully saturated rings. The molecule has 35 heavy (non-hydrogen) atoms. The maximum Gasteiger partial charge on any atom is 0.318 e. The predicted molar refractivity (Wildman–Crippen MR) is 135 cm³/mol. The molecule has 0 aromatic carbocycles. The van der Waals surface area contributed by atoms with Crippen molar-refractivity contribution in [3.63, 3.8) is 0 Å². The van der Waals surface area contributed by atoms with Gasteiger partial charge < -0.3 is 25.2 Å². The third kappa shape index (κ3) is 7.57. The molecule has 2 saturated carbocycles. The van der Waals surface area contributed by atoms with E-state index in [0.717, 1.165) is 38.4 Å². The highest BCUT2D eigenvalue weighted by Crippen LogP contribution is 2.30. The zero-order valence-electron chi connectivity index (χ0n) is 21.4. The van der Waals surface area contributed by atoms with Gasteiger partial charge in [0.25, 0.3) is 0 Å². The second kappa shape index (κ2) is 12.9. The first-order chi connectivity index (χ1) is 17.1. The summed E-state index contributed by atoms with van der Waals surface area (Å²) in [4.78, 5) is 30.7. The van der Waals surface area contributed by atoms with Crippen molar-refractivity contribution in [2.75, 3.05) is 45.9 Å². The summed E-state index contributed by atoms with van der Waals surface area (Å²) < 4.78 is 5.37. The Labute approximate surface area is 211 Å². The number of ether oxygens (including phenoxy) is 1. The smallest absolute Gasteiger partial charge is 0.318 e. The number of hydrogen-bond acceptors (Lipinski definition) is 5. The third-order valence-corrected chi connectivity index (χ3v) is 8.73. The highest BCUT2D eigenvalue weighted by Gasteiger charge is 2.39. The van der Waals surface area contributed by atoms with Crippen molar-refractivity contribution in [3.8, 4) is 6.07 Å². The molecule has 8 heteroatoms. The summed E-state index contributed by atoms with van der Waals surface area (Å²) >= 11 is 0. The summed E-state index contributed by atoms with van der Waals surface area (Å²) in [7, 11) is 0. The van der Waals surface area contributed by atoms with Crippen molar-refractivity contribution in [1.82, 2.24) is 20.4 Å². The van der Waals surface area contributed by atoms with E-state index in [2.05, 4.69) is 21.6 Å². The largest absolute Gasteiger partial charge is 0.378 e. The Morgan fingerprint density at radius 1 is 0.914 bits per heavy atom. The molecule has 2 aliphatic heterocycles. The number of likely N-dealkylation sites (tertiary alicyclic amines) is 1. The summed E-state index contributed by atoms with van der Waals surface area (Å²) in [6, 6.07) is 1.65. The monoisotopic (exact) mass is 487 g/mol. The average Bonchev–Trinajstić information content (AvgIpc) is 2.91. The first-order valence-corrected chi connectivity index (χ1v) is 14.2. The lowest BCUT2D eigenvalue weighted by Gasteiger charge is -2.40. The Kier molecular flexibility index (Phi) is 9.67. The Bertz CT molecular complexity index is 728. The number of urea groups is 1. The summed E-state index contributed by atoms with van der Waals surface area (Å²) in [5.74, 6) is 1.03. The number of piperidine rings is 1. The van der Waals surface area contributed by atoms with Crippen molar-refractivity contribution in [2.24, 2.45) is 11.8 Å². The van der Waals surface area contributed by atoms with Crippen molar-refractivity contribution in [1.29, 1.82) is 5.26 Å². The molecule has 0 bridgehead atoms. The van der Waals surface area contributed by atoms with Crippen LogP contribution in [-0.4, -0.2) is 79.3 Å². The van der Waals surface area contributed by atoms with Gasteiger partial charge in [-0.3, -0.25) is 4.79 Å². The van der Waals surface area contributed by atoms with Crippen LogP contribution in [0.5, 0.6) is 0 Å². The number of rotatable bonds is 7. The Balaban J connectivity index is 1.34. The minimum Gasteiger partial charge on any atom is -0.378 e. The number of carbonyl (C=O) groups is 2. The van der Waals surface area contributed by atoms with Crippen LogP contribution in [0.3, 0.4) is 0 Å². The summed E-state index contributed by atoms with van der Waals surface area (Å²) in [6.45, 7) is 4.96. The first kappa shape index (κ1) is 26.2. The molecule has 2 heterocycles. The summed E-state index contributed by atoms with van der Waals surface area (Å²) in [6.07, 6.45) is 14.5. The minimum atomic E-state index is -0.839. The molecule has 2 N–H and O–H groups in total. The van der Waals surface area contributed by atoms with E-state index in [1.165, 1.54) is 51.4 Å². The molecule has 1 unspecified atom stereocenters. The van der Waals surface area contributed by atoms with Crippen molar-refractivity contribution >= 4 is 11.9 Å². The second-order valence-corrected chi connectivity index (χ2v) is 11.3. The van der Waals surface area contributed by atoms with Crippen LogP contribution in [0.4, 0.5) is 4.79 Å². The van der Waals surface area contributed by atoms with E-state index in [1.807, 2.05) is 0 Å². The van der Waals surface area contributed by atoms with E-state index in [4.69, 9.17) is 4.74 Å². The van der Waals surface area contributed by atoms with Gasteiger partial charge >= 0.3 is 6.03 Å². The molecule has 1 atom stereocenters. The highest BCUT2D eigenvalue weighted by molar-refractivity contribution is 5.87. The molecule has 196 valence electrons. The molecular weight excluding hydrogens is 442 g/mol. The third-order valence-electron chi connectivity index (χ3n) is 8.73. The number of nitriles is 1. The molecule has 4 rings (SSSR count).